The summed E-state index contributed by atoms with van der Waals surface area (Å²) < 4.78 is 5.22. The molecule has 0 aliphatic rings. The van der Waals surface area contributed by atoms with Crippen LogP contribution in [0, 0.1) is 0 Å². The molecule has 0 aliphatic heterocycles. The minimum Gasteiger partial charge on any atom is -0.475 e. The van der Waals surface area contributed by atoms with Crippen LogP contribution in [0.1, 0.15) is 35.9 Å². The van der Waals surface area contributed by atoms with Gasteiger partial charge in [-0.3, -0.25) is 0 Å². The topological polar surface area (TPSA) is 82.7 Å². The molecule has 1 aromatic heterocycles. The van der Waals surface area contributed by atoms with Crippen LogP contribution in [0.3, 0.4) is 0 Å². The standard InChI is InChI=1S/C15H19NO4/c1-10(3-2-6-17)16-9-11-4-5-13-12(7-11)8-14(20-13)15(18)19/h4-5,7-8,10,16-17H,2-3,6,9H2,1H3,(H,18,19). The molecule has 0 saturated carbocycles. The van der Waals surface area contributed by atoms with E-state index in [2.05, 4.69) is 12.2 Å². The summed E-state index contributed by atoms with van der Waals surface area (Å²) in [5.41, 5.74) is 1.66. The zero-order valence-corrected chi connectivity index (χ0v) is 11.4. The van der Waals surface area contributed by atoms with Gasteiger partial charge in [0.1, 0.15) is 5.58 Å². The van der Waals surface area contributed by atoms with E-state index < -0.39 is 5.97 Å². The van der Waals surface area contributed by atoms with Crippen LogP contribution in [-0.4, -0.2) is 28.8 Å². The number of hydrogen-bond donors (Lipinski definition) is 3. The molecular formula is C15H19NO4. The van der Waals surface area contributed by atoms with Crippen LogP contribution in [0.5, 0.6) is 0 Å². The smallest absolute Gasteiger partial charge is 0.371 e. The van der Waals surface area contributed by atoms with Gasteiger partial charge < -0.3 is 19.9 Å². The fraction of sp³-hybridized carbons (Fsp3) is 0.400. The molecule has 0 amide bonds. The second-order valence-corrected chi connectivity index (χ2v) is 4.94. The molecule has 0 bridgehead atoms. The Morgan fingerprint density at radius 1 is 1.40 bits per heavy atom. The van der Waals surface area contributed by atoms with Gasteiger partial charge in [0.2, 0.25) is 5.76 Å². The number of aromatic carboxylic acids is 1. The number of nitrogens with one attached hydrogen (secondary N) is 1. The van der Waals surface area contributed by atoms with E-state index in [-0.39, 0.29) is 12.4 Å². The Labute approximate surface area is 117 Å². The number of carboxylic acid groups (broad SMARTS) is 1. The molecule has 2 rings (SSSR count). The molecule has 0 aliphatic carbocycles. The molecule has 5 nitrogen and oxygen atoms in total. The molecule has 108 valence electrons. The maximum absolute atomic E-state index is 10.8. The fourth-order valence-corrected chi connectivity index (χ4v) is 2.10. The highest BCUT2D eigenvalue weighted by molar-refractivity contribution is 5.91. The van der Waals surface area contributed by atoms with Crippen LogP contribution in [0.25, 0.3) is 11.0 Å². The molecule has 0 spiro atoms. The van der Waals surface area contributed by atoms with Gasteiger partial charge in [0.05, 0.1) is 0 Å². The van der Waals surface area contributed by atoms with Gasteiger partial charge in [-0.15, -0.1) is 0 Å². The van der Waals surface area contributed by atoms with Gasteiger partial charge in [-0.05, 0) is 43.5 Å². The third kappa shape index (κ3) is 3.59. The third-order valence-corrected chi connectivity index (χ3v) is 3.24. The van der Waals surface area contributed by atoms with E-state index >= 15 is 0 Å². The molecule has 5 heteroatoms. The van der Waals surface area contributed by atoms with Gasteiger partial charge in [0, 0.05) is 24.6 Å². The van der Waals surface area contributed by atoms with Crippen molar-refractivity contribution in [1.29, 1.82) is 0 Å². The Morgan fingerprint density at radius 2 is 2.20 bits per heavy atom. The summed E-state index contributed by atoms with van der Waals surface area (Å²) in [4.78, 5) is 10.8. The molecule has 0 saturated heterocycles. The van der Waals surface area contributed by atoms with Crippen molar-refractivity contribution in [1.82, 2.24) is 5.32 Å². The lowest BCUT2D eigenvalue weighted by Crippen LogP contribution is -2.25. The van der Waals surface area contributed by atoms with Crippen molar-refractivity contribution >= 4 is 16.9 Å². The maximum Gasteiger partial charge on any atom is 0.371 e. The first-order valence-electron chi connectivity index (χ1n) is 6.70. The highest BCUT2D eigenvalue weighted by Crippen LogP contribution is 2.21. The second-order valence-electron chi connectivity index (χ2n) is 4.94. The number of fused-ring (bicyclic) bond motifs is 1. The fourth-order valence-electron chi connectivity index (χ4n) is 2.10. The van der Waals surface area contributed by atoms with Crippen LogP contribution < -0.4 is 5.32 Å². The van der Waals surface area contributed by atoms with Gasteiger partial charge in [-0.2, -0.15) is 0 Å². The van der Waals surface area contributed by atoms with Crippen molar-refractivity contribution in [2.24, 2.45) is 0 Å². The minimum atomic E-state index is -1.06. The molecule has 1 aromatic carbocycles. The first-order valence-corrected chi connectivity index (χ1v) is 6.70. The van der Waals surface area contributed by atoms with Crippen molar-refractivity contribution in [2.75, 3.05) is 6.61 Å². The Kier molecular flexibility index (Phi) is 4.76. The molecule has 20 heavy (non-hydrogen) atoms. The normalized spacial score (nSPS) is 12.7. The lowest BCUT2D eigenvalue weighted by Gasteiger charge is -2.12. The van der Waals surface area contributed by atoms with E-state index in [0.29, 0.717) is 18.2 Å². The largest absolute Gasteiger partial charge is 0.475 e. The number of hydrogen-bond acceptors (Lipinski definition) is 4. The number of rotatable bonds is 7. The average Bonchev–Trinajstić information content (AvgIpc) is 2.86. The van der Waals surface area contributed by atoms with E-state index in [1.807, 2.05) is 12.1 Å². The van der Waals surface area contributed by atoms with Crippen LogP contribution >= 0.6 is 0 Å². The first kappa shape index (κ1) is 14.6. The lowest BCUT2D eigenvalue weighted by atomic mass is 10.1. The third-order valence-electron chi connectivity index (χ3n) is 3.24. The molecule has 1 atom stereocenters. The average molecular weight is 277 g/mol. The Morgan fingerprint density at radius 3 is 2.90 bits per heavy atom. The van der Waals surface area contributed by atoms with Crippen molar-refractivity contribution < 1.29 is 19.4 Å². The predicted molar refractivity (Wildman–Crippen MR) is 75.8 cm³/mol. The van der Waals surface area contributed by atoms with E-state index in [1.54, 1.807) is 6.07 Å². The summed E-state index contributed by atoms with van der Waals surface area (Å²) in [6.07, 6.45) is 1.71. The lowest BCUT2D eigenvalue weighted by molar-refractivity contribution is 0.0665. The summed E-state index contributed by atoms with van der Waals surface area (Å²) >= 11 is 0. The van der Waals surface area contributed by atoms with Crippen molar-refractivity contribution in [3.05, 3.63) is 35.6 Å². The van der Waals surface area contributed by atoms with Crippen molar-refractivity contribution in [3.8, 4) is 0 Å². The monoisotopic (exact) mass is 277 g/mol. The second kappa shape index (κ2) is 6.54. The summed E-state index contributed by atoms with van der Waals surface area (Å²) in [6.45, 7) is 3.00. The quantitative estimate of drug-likeness (QED) is 0.723. The molecule has 0 fully saturated rings. The molecule has 3 N–H and O–H groups in total. The first-order chi connectivity index (χ1) is 9.60. The van der Waals surface area contributed by atoms with Gasteiger partial charge in [0.25, 0.3) is 0 Å². The van der Waals surface area contributed by atoms with Crippen molar-refractivity contribution in [2.45, 2.75) is 32.4 Å². The van der Waals surface area contributed by atoms with Gasteiger partial charge in [0.15, 0.2) is 0 Å². The van der Waals surface area contributed by atoms with Crippen LogP contribution in [0.2, 0.25) is 0 Å². The van der Waals surface area contributed by atoms with Crippen LogP contribution in [-0.2, 0) is 6.54 Å². The van der Waals surface area contributed by atoms with Gasteiger partial charge in [-0.1, -0.05) is 6.07 Å². The zero-order valence-electron chi connectivity index (χ0n) is 11.4. The molecule has 1 heterocycles. The number of aliphatic hydroxyl groups is 1. The zero-order chi connectivity index (χ0) is 14.5. The number of benzene rings is 1. The molecular weight excluding hydrogens is 258 g/mol. The van der Waals surface area contributed by atoms with E-state index in [4.69, 9.17) is 14.6 Å². The highest BCUT2D eigenvalue weighted by Gasteiger charge is 2.10. The van der Waals surface area contributed by atoms with Gasteiger partial charge >= 0.3 is 5.97 Å². The van der Waals surface area contributed by atoms with Crippen molar-refractivity contribution in [3.63, 3.8) is 0 Å². The summed E-state index contributed by atoms with van der Waals surface area (Å²) in [5.74, 6) is -1.10. The Balaban J connectivity index is 2.02. The molecule has 0 radical (unpaired) electrons. The summed E-state index contributed by atoms with van der Waals surface area (Å²) in [5, 5.41) is 21.8. The van der Waals surface area contributed by atoms with Crippen LogP contribution in [0.4, 0.5) is 0 Å². The van der Waals surface area contributed by atoms with Crippen LogP contribution in [0.15, 0.2) is 28.7 Å². The minimum absolute atomic E-state index is 0.0403. The molecule has 2 aromatic rings. The predicted octanol–water partition coefficient (Wildman–Crippen LogP) is 2.38. The number of carbonyl (C=O) groups is 1. The Bertz CT molecular complexity index is 591. The Hall–Kier alpha value is -1.85. The maximum atomic E-state index is 10.8. The SMILES string of the molecule is CC(CCCO)NCc1ccc2oc(C(=O)O)cc2c1. The van der Waals surface area contributed by atoms with Gasteiger partial charge in [-0.25, -0.2) is 4.79 Å². The van der Waals surface area contributed by atoms with E-state index in [1.165, 1.54) is 6.07 Å². The number of aliphatic hydroxyl groups excluding tert-OH is 1. The summed E-state index contributed by atoms with van der Waals surface area (Å²) in [7, 11) is 0. The number of furan rings is 1. The summed E-state index contributed by atoms with van der Waals surface area (Å²) in [6, 6.07) is 7.50. The molecule has 1 unspecified atom stereocenters. The number of carboxylic acids is 1. The van der Waals surface area contributed by atoms with E-state index in [0.717, 1.165) is 23.8 Å². The highest BCUT2D eigenvalue weighted by atomic mass is 16.4. The van der Waals surface area contributed by atoms with E-state index in [9.17, 15) is 4.79 Å².